The van der Waals surface area contributed by atoms with E-state index in [4.69, 9.17) is 13.9 Å². The molecular weight excluding hydrogens is 334 g/mol. The van der Waals surface area contributed by atoms with Gasteiger partial charge >= 0.3 is 5.97 Å². The van der Waals surface area contributed by atoms with Crippen LogP contribution >= 0.6 is 0 Å². The molecule has 0 radical (unpaired) electrons. The highest BCUT2D eigenvalue weighted by atomic mass is 32.2. The molecule has 0 spiro atoms. The number of carbonyl (C=O) groups is 1. The highest BCUT2D eigenvalue weighted by Gasteiger charge is 2.16. The Kier molecular flexibility index (Phi) is 5.63. The van der Waals surface area contributed by atoms with Crippen LogP contribution in [0.25, 0.3) is 0 Å². The molecule has 1 heterocycles. The molecule has 0 fully saturated rings. The fraction of sp³-hybridized carbons (Fsp3) is 0.312. The van der Waals surface area contributed by atoms with Gasteiger partial charge in [-0.05, 0) is 37.3 Å². The number of benzene rings is 1. The summed E-state index contributed by atoms with van der Waals surface area (Å²) < 4.78 is 40.5. The first-order chi connectivity index (χ1) is 11.3. The number of sulfonamides is 1. The maximum atomic E-state index is 11.9. The first-order valence-corrected chi connectivity index (χ1v) is 8.63. The number of esters is 1. The summed E-state index contributed by atoms with van der Waals surface area (Å²) in [5, 5.41) is 0. The number of carbonyl (C=O) groups excluding carboxylic acids is 1. The van der Waals surface area contributed by atoms with Crippen molar-refractivity contribution in [2.45, 2.75) is 11.8 Å². The van der Waals surface area contributed by atoms with E-state index in [0.29, 0.717) is 17.1 Å². The van der Waals surface area contributed by atoms with Crippen LogP contribution in [0.1, 0.15) is 16.1 Å². The molecule has 7 nitrogen and oxygen atoms in total. The molecule has 8 heteroatoms. The molecule has 0 aliphatic heterocycles. The van der Waals surface area contributed by atoms with Gasteiger partial charge in [-0.2, -0.15) is 0 Å². The Hall–Kier alpha value is -2.32. The van der Waals surface area contributed by atoms with Gasteiger partial charge in [-0.1, -0.05) is 0 Å². The topological polar surface area (TPSA) is 86.0 Å². The molecule has 0 aliphatic rings. The van der Waals surface area contributed by atoms with Crippen LogP contribution in [0.4, 0.5) is 0 Å². The van der Waals surface area contributed by atoms with Crippen molar-refractivity contribution >= 4 is 16.0 Å². The zero-order valence-electron chi connectivity index (χ0n) is 13.7. The lowest BCUT2D eigenvalue weighted by atomic mass is 10.3. The zero-order valence-corrected chi connectivity index (χ0v) is 14.5. The minimum absolute atomic E-state index is 0.0706. The molecule has 2 rings (SSSR count). The summed E-state index contributed by atoms with van der Waals surface area (Å²) >= 11 is 0. The predicted molar refractivity (Wildman–Crippen MR) is 86.5 cm³/mol. The maximum absolute atomic E-state index is 11.9. The normalized spacial score (nSPS) is 11.5. The highest BCUT2D eigenvalue weighted by Crippen LogP contribution is 2.18. The average Bonchev–Trinajstić information content (AvgIpc) is 2.98. The van der Waals surface area contributed by atoms with Gasteiger partial charge in [0.25, 0.3) is 0 Å². The summed E-state index contributed by atoms with van der Waals surface area (Å²) in [4.78, 5) is 11.9. The van der Waals surface area contributed by atoms with Crippen LogP contribution in [0, 0.1) is 6.92 Å². The Morgan fingerprint density at radius 3 is 2.33 bits per heavy atom. The number of nitrogens with zero attached hydrogens (tertiary/aromatic N) is 1. The summed E-state index contributed by atoms with van der Waals surface area (Å²) in [6.45, 7) is 1.90. The molecule has 1 aromatic heterocycles. The number of furan rings is 1. The highest BCUT2D eigenvalue weighted by molar-refractivity contribution is 7.89. The van der Waals surface area contributed by atoms with Crippen molar-refractivity contribution in [2.24, 2.45) is 0 Å². The van der Waals surface area contributed by atoms with Crippen molar-refractivity contribution in [3.63, 3.8) is 0 Å². The monoisotopic (exact) mass is 353 g/mol. The van der Waals surface area contributed by atoms with Crippen LogP contribution in [0.3, 0.4) is 0 Å². The third-order valence-corrected chi connectivity index (χ3v) is 5.10. The molecule has 0 amide bonds. The van der Waals surface area contributed by atoms with Crippen molar-refractivity contribution in [3.05, 3.63) is 47.9 Å². The summed E-state index contributed by atoms with van der Waals surface area (Å²) in [7, 11) is -0.524. The van der Waals surface area contributed by atoms with Gasteiger partial charge in [-0.3, -0.25) is 0 Å². The van der Waals surface area contributed by atoms with Gasteiger partial charge < -0.3 is 13.9 Å². The third-order valence-electron chi connectivity index (χ3n) is 3.27. The first-order valence-electron chi connectivity index (χ1n) is 7.19. The van der Waals surface area contributed by atoms with Gasteiger partial charge in [-0.25, -0.2) is 17.5 Å². The minimum atomic E-state index is -3.46. The molecule has 1 aromatic carbocycles. The van der Waals surface area contributed by atoms with Crippen molar-refractivity contribution < 1.29 is 27.1 Å². The molecular formula is C16H19NO6S. The van der Waals surface area contributed by atoms with Gasteiger partial charge in [0.1, 0.15) is 30.3 Å². The van der Waals surface area contributed by atoms with Crippen LogP contribution < -0.4 is 4.74 Å². The van der Waals surface area contributed by atoms with Crippen LogP contribution in [0.15, 0.2) is 45.9 Å². The largest absolute Gasteiger partial charge is 0.490 e. The quantitative estimate of drug-likeness (QED) is 0.559. The van der Waals surface area contributed by atoms with Gasteiger partial charge in [0.2, 0.25) is 10.0 Å². The summed E-state index contributed by atoms with van der Waals surface area (Å²) in [6.07, 6.45) is 1.42. The summed E-state index contributed by atoms with van der Waals surface area (Å²) in [5.41, 5.74) is 0.383. The Morgan fingerprint density at radius 2 is 1.79 bits per heavy atom. The van der Waals surface area contributed by atoms with E-state index in [1.165, 1.54) is 32.5 Å². The molecule has 0 saturated carbocycles. The summed E-state index contributed by atoms with van der Waals surface area (Å²) in [6, 6.07) is 7.58. The number of hydrogen-bond acceptors (Lipinski definition) is 6. The van der Waals surface area contributed by atoms with Crippen LogP contribution in [-0.2, 0) is 14.8 Å². The Morgan fingerprint density at radius 1 is 1.12 bits per heavy atom. The number of ether oxygens (including phenoxy) is 2. The van der Waals surface area contributed by atoms with Crippen LogP contribution in [0.2, 0.25) is 0 Å². The molecule has 0 N–H and O–H groups in total. The second kappa shape index (κ2) is 7.50. The molecule has 0 bridgehead atoms. The first kappa shape index (κ1) is 18.0. The standard InChI is InChI=1S/C16H19NO6S/c1-12-15(8-9-21-12)16(18)23-11-10-22-13-4-6-14(7-5-13)24(19,20)17(2)3/h4-9H,10-11H2,1-3H3. The average molecular weight is 353 g/mol. The lowest BCUT2D eigenvalue weighted by Gasteiger charge is -2.12. The fourth-order valence-corrected chi connectivity index (χ4v) is 2.79. The van der Waals surface area contributed by atoms with E-state index in [2.05, 4.69) is 0 Å². The number of hydrogen-bond donors (Lipinski definition) is 0. The molecule has 0 saturated heterocycles. The van der Waals surface area contributed by atoms with Crippen molar-refractivity contribution in [3.8, 4) is 5.75 Å². The maximum Gasteiger partial charge on any atom is 0.341 e. The van der Waals surface area contributed by atoms with Gasteiger partial charge in [-0.15, -0.1) is 0 Å². The van der Waals surface area contributed by atoms with E-state index < -0.39 is 16.0 Å². The molecule has 2 aromatic rings. The van der Waals surface area contributed by atoms with Crippen molar-refractivity contribution in [1.82, 2.24) is 4.31 Å². The molecule has 0 aliphatic carbocycles. The molecule has 0 atom stereocenters. The van der Waals surface area contributed by atoms with Crippen LogP contribution in [0.5, 0.6) is 5.75 Å². The summed E-state index contributed by atoms with van der Waals surface area (Å²) in [5.74, 6) is 0.513. The predicted octanol–water partition coefficient (Wildman–Crippen LogP) is 2.07. The van der Waals surface area contributed by atoms with E-state index in [9.17, 15) is 13.2 Å². The van der Waals surface area contributed by atoms with E-state index in [0.717, 1.165) is 4.31 Å². The second-order valence-electron chi connectivity index (χ2n) is 5.13. The van der Waals surface area contributed by atoms with E-state index in [-0.39, 0.29) is 18.1 Å². The Bertz CT molecular complexity index is 792. The van der Waals surface area contributed by atoms with Crippen molar-refractivity contribution in [2.75, 3.05) is 27.3 Å². The minimum Gasteiger partial charge on any atom is -0.490 e. The Balaban J connectivity index is 1.83. The van der Waals surface area contributed by atoms with Gasteiger partial charge in [0, 0.05) is 14.1 Å². The SMILES string of the molecule is Cc1occc1C(=O)OCCOc1ccc(S(=O)(=O)N(C)C)cc1. The molecule has 24 heavy (non-hydrogen) atoms. The Labute approximate surface area is 140 Å². The zero-order chi connectivity index (χ0) is 17.7. The van der Waals surface area contributed by atoms with Crippen LogP contribution in [-0.4, -0.2) is 46.0 Å². The van der Waals surface area contributed by atoms with Gasteiger partial charge in [0.15, 0.2) is 0 Å². The molecule has 130 valence electrons. The number of rotatable bonds is 7. The lowest BCUT2D eigenvalue weighted by Crippen LogP contribution is -2.22. The van der Waals surface area contributed by atoms with E-state index in [1.54, 1.807) is 25.1 Å². The smallest absolute Gasteiger partial charge is 0.341 e. The van der Waals surface area contributed by atoms with E-state index >= 15 is 0 Å². The fourth-order valence-electron chi connectivity index (χ4n) is 1.89. The van der Waals surface area contributed by atoms with Crippen molar-refractivity contribution in [1.29, 1.82) is 0 Å². The number of aryl methyl sites for hydroxylation is 1. The lowest BCUT2D eigenvalue weighted by molar-refractivity contribution is 0.0448. The second-order valence-corrected chi connectivity index (χ2v) is 7.29. The van der Waals surface area contributed by atoms with Gasteiger partial charge in [0.05, 0.1) is 11.2 Å². The molecule has 0 unspecified atom stereocenters. The van der Waals surface area contributed by atoms with E-state index in [1.807, 2.05) is 0 Å². The third kappa shape index (κ3) is 4.15.